The Hall–Kier alpha value is 0.550. The molecule has 8 nitrogen and oxygen atoms in total. The Morgan fingerprint density at radius 3 is 0.293 bits per heavy atom. The van der Waals surface area contributed by atoms with Crippen molar-refractivity contribution in [1.82, 2.24) is 0 Å². The van der Waals surface area contributed by atoms with Crippen LogP contribution in [0.5, 0.6) is 0 Å². The van der Waals surface area contributed by atoms with Crippen LogP contribution in [0.25, 0.3) is 0 Å². The van der Waals surface area contributed by atoms with Gasteiger partial charge in [0, 0.05) is 78.7 Å². The van der Waals surface area contributed by atoms with Crippen molar-refractivity contribution in [2.75, 3.05) is 52.9 Å². The monoisotopic (exact) mass is 764 g/mol. The Morgan fingerprint density at radius 1 is 0.146 bits per heavy atom. The van der Waals surface area contributed by atoms with E-state index < -0.39 is 0 Å². The first-order valence-electron chi connectivity index (χ1n) is 16.5. The summed E-state index contributed by atoms with van der Waals surface area (Å²) in [5.41, 5.74) is 0. The van der Waals surface area contributed by atoms with Crippen LogP contribution in [0.3, 0.4) is 0 Å². The molecular formula is C32H72HfO8. The van der Waals surface area contributed by atoms with Gasteiger partial charge >= 0.3 is 0 Å². The van der Waals surface area contributed by atoms with Gasteiger partial charge in [-0.05, 0) is 51.4 Å². The van der Waals surface area contributed by atoms with Crippen molar-refractivity contribution in [1.29, 1.82) is 0 Å². The molecule has 0 radical (unpaired) electrons. The second-order valence-corrected chi connectivity index (χ2v) is 10.3. The fraction of sp³-hybridized carbons (Fsp3) is 1.00. The summed E-state index contributed by atoms with van der Waals surface area (Å²) in [6.07, 6.45) is 26.0. The average Bonchev–Trinajstić information content (AvgIpc) is 2.97. The van der Waals surface area contributed by atoms with Gasteiger partial charge in [-0.15, -0.1) is 0 Å². The number of unbranched alkanes of at least 4 members (excludes halogenated alkanes) is 20. The standard InChI is InChI=1S/4C8H18O2.Hf/c4*9-7-5-3-1-2-4-6-8-10;/h4*9-10H,1-8H2;. The molecule has 9 heteroatoms. The number of aliphatic hydroxyl groups excluding tert-OH is 8. The summed E-state index contributed by atoms with van der Waals surface area (Å²) in [5.74, 6) is 0. The number of hydrogen-bond acceptors (Lipinski definition) is 8. The van der Waals surface area contributed by atoms with Gasteiger partial charge in [-0.2, -0.15) is 0 Å². The second-order valence-electron chi connectivity index (χ2n) is 10.3. The third-order valence-corrected chi connectivity index (χ3v) is 6.26. The quantitative estimate of drug-likeness (QED) is 0.0397. The molecule has 252 valence electrons. The van der Waals surface area contributed by atoms with Crippen molar-refractivity contribution in [3.63, 3.8) is 0 Å². The van der Waals surface area contributed by atoms with Crippen LogP contribution >= 0.6 is 0 Å². The summed E-state index contributed by atoms with van der Waals surface area (Å²) in [5, 5.41) is 67.4. The van der Waals surface area contributed by atoms with E-state index in [1.165, 1.54) is 51.4 Å². The van der Waals surface area contributed by atoms with Crippen molar-refractivity contribution in [2.45, 2.75) is 154 Å². The molecule has 0 aromatic carbocycles. The number of rotatable bonds is 28. The number of aliphatic hydroxyl groups is 8. The van der Waals surface area contributed by atoms with E-state index in [2.05, 4.69) is 0 Å². The van der Waals surface area contributed by atoms with Crippen LogP contribution in [0, 0.1) is 0 Å². The summed E-state index contributed by atoms with van der Waals surface area (Å²) in [7, 11) is 0. The predicted molar refractivity (Wildman–Crippen MR) is 167 cm³/mol. The van der Waals surface area contributed by atoms with E-state index in [-0.39, 0.29) is 25.8 Å². The van der Waals surface area contributed by atoms with Crippen molar-refractivity contribution in [3.8, 4) is 0 Å². The summed E-state index contributed by atoms with van der Waals surface area (Å²) < 4.78 is 0. The number of hydrogen-bond donors (Lipinski definition) is 8. The fourth-order valence-corrected chi connectivity index (χ4v) is 3.72. The van der Waals surface area contributed by atoms with E-state index in [9.17, 15) is 0 Å². The van der Waals surface area contributed by atoms with E-state index in [0.717, 1.165) is 103 Å². The molecule has 0 saturated heterocycles. The molecular weight excluding hydrogens is 691 g/mol. The van der Waals surface area contributed by atoms with Crippen molar-refractivity contribution >= 4 is 0 Å². The minimum atomic E-state index is 0. The molecule has 0 bridgehead atoms. The molecule has 0 aliphatic rings. The van der Waals surface area contributed by atoms with Crippen molar-refractivity contribution in [2.24, 2.45) is 0 Å². The normalized spacial score (nSPS) is 9.95. The van der Waals surface area contributed by atoms with Gasteiger partial charge < -0.3 is 40.9 Å². The molecule has 0 amide bonds. The van der Waals surface area contributed by atoms with Gasteiger partial charge in [0.2, 0.25) is 0 Å². The van der Waals surface area contributed by atoms with E-state index in [4.69, 9.17) is 40.9 Å². The first-order valence-corrected chi connectivity index (χ1v) is 16.5. The van der Waals surface area contributed by atoms with Gasteiger partial charge in [0.25, 0.3) is 0 Å². The van der Waals surface area contributed by atoms with Gasteiger partial charge in [-0.25, -0.2) is 0 Å². The maximum atomic E-state index is 8.43. The first-order chi connectivity index (χ1) is 19.7. The van der Waals surface area contributed by atoms with Gasteiger partial charge in [0.05, 0.1) is 0 Å². The largest absolute Gasteiger partial charge is 0.396 e. The molecule has 0 aliphatic carbocycles. The molecule has 0 heterocycles. The Kier molecular flexibility index (Phi) is 74.7. The summed E-state index contributed by atoms with van der Waals surface area (Å²) in [6.45, 7) is 2.56. The summed E-state index contributed by atoms with van der Waals surface area (Å²) in [4.78, 5) is 0. The van der Waals surface area contributed by atoms with Gasteiger partial charge in [-0.1, -0.05) is 103 Å². The SMILES string of the molecule is OCCCCCCCCO.OCCCCCCCCO.OCCCCCCCCO.OCCCCCCCCO.[Hf]. The van der Waals surface area contributed by atoms with Crippen LogP contribution in [0.2, 0.25) is 0 Å². The molecule has 0 aromatic heterocycles. The van der Waals surface area contributed by atoms with Crippen LogP contribution in [-0.2, 0) is 25.8 Å². The Morgan fingerprint density at radius 2 is 0.220 bits per heavy atom. The van der Waals surface area contributed by atoms with E-state index >= 15 is 0 Å². The predicted octanol–water partition coefficient (Wildman–Crippen LogP) is 5.24. The smallest absolute Gasteiger partial charge is 0.0431 e. The van der Waals surface area contributed by atoms with Gasteiger partial charge in [0.1, 0.15) is 0 Å². The molecule has 0 fully saturated rings. The van der Waals surface area contributed by atoms with Gasteiger partial charge in [-0.3, -0.25) is 0 Å². The topological polar surface area (TPSA) is 162 Å². The van der Waals surface area contributed by atoms with Crippen LogP contribution in [0.1, 0.15) is 154 Å². The molecule has 41 heavy (non-hydrogen) atoms. The zero-order chi connectivity index (χ0) is 30.6. The maximum absolute atomic E-state index is 8.43. The molecule has 0 aliphatic heterocycles. The second kappa shape index (κ2) is 59.9. The zero-order valence-electron chi connectivity index (χ0n) is 26.7. The molecule has 8 N–H and O–H groups in total. The molecule has 0 aromatic rings. The molecule has 0 spiro atoms. The van der Waals surface area contributed by atoms with Crippen LogP contribution in [0.4, 0.5) is 0 Å². The Balaban J connectivity index is -0.000000139. The van der Waals surface area contributed by atoms with Crippen LogP contribution < -0.4 is 0 Å². The Labute approximate surface area is 272 Å². The Bertz CT molecular complexity index is 260. The maximum Gasteiger partial charge on any atom is 0.0431 e. The van der Waals surface area contributed by atoms with E-state index in [1.54, 1.807) is 0 Å². The molecule has 0 rings (SSSR count). The van der Waals surface area contributed by atoms with E-state index in [1.807, 2.05) is 0 Å². The van der Waals surface area contributed by atoms with Gasteiger partial charge in [0.15, 0.2) is 0 Å². The summed E-state index contributed by atoms with van der Waals surface area (Å²) in [6, 6.07) is 0. The molecule has 0 atom stereocenters. The molecule has 0 unspecified atom stereocenters. The first kappa shape index (κ1) is 51.1. The third-order valence-electron chi connectivity index (χ3n) is 6.26. The fourth-order valence-electron chi connectivity index (χ4n) is 3.72. The third kappa shape index (κ3) is 73.9. The zero-order valence-corrected chi connectivity index (χ0v) is 30.3. The van der Waals surface area contributed by atoms with E-state index in [0.29, 0.717) is 52.9 Å². The summed E-state index contributed by atoms with van der Waals surface area (Å²) >= 11 is 0. The van der Waals surface area contributed by atoms with Crippen LogP contribution in [0.15, 0.2) is 0 Å². The van der Waals surface area contributed by atoms with Crippen molar-refractivity contribution in [3.05, 3.63) is 0 Å². The average molecular weight is 763 g/mol. The minimum Gasteiger partial charge on any atom is -0.396 e. The van der Waals surface area contributed by atoms with Crippen molar-refractivity contribution < 1.29 is 66.7 Å². The minimum absolute atomic E-state index is 0. The van der Waals surface area contributed by atoms with Crippen LogP contribution in [-0.4, -0.2) is 93.7 Å². The molecule has 0 saturated carbocycles.